The third-order valence-electron chi connectivity index (χ3n) is 3.16. The van der Waals surface area contributed by atoms with Gasteiger partial charge in [0.15, 0.2) is 0 Å². The largest absolute Gasteiger partial charge is 0.487 e. The molecule has 0 bridgehead atoms. The molecule has 0 aliphatic rings. The number of rotatable bonds is 4. The standard InChI is InChI=1S/C17H14N2OS/c18-17(21)13-5-3-6-15(10-13)20-11-14-9-8-12-4-1-2-7-16(12)19-14/h1-10H,11H2,(H2,18,21). The molecule has 0 saturated heterocycles. The van der Waals surface area contributed by atoms with E-state index in [0.29, 0.717) is 11.6 Å². The molecule has 0 atom stereocenters. The van der Waals surface area contributed by atoms with E-state index >= 15 is 0 Å². The van der Waals surface area contributed by atoms with Crippen molar-refractivity contribution in [2.45, 2.75) is 6.61 Å². The first-order chi connectivity index (χ1) is 10.2. The summed E-state index contributed by atoms with van der Waals surface area (Å²) in [6.45, 7) is 0.408. The number of nitrogens with two attached hydrogens (primary N) is 1. The zero-order chi connectivity index (χ0) is 14.7. The number of thiocarbonyl (C=S) groups is 1. The van der Waals surface area contributed by atoms with Gasteiger partial charge in [-0.1, -0.05) is 48.6 Å². The molecule has 0 amide bonds. The van der Waals surface area contributed by atoms with Gasteiger partial charge in [0, 0.05) is 10.9 Å². The molecule has 2 aromatic carbocycles. The maximum absolute atomic E-state index is 5.75. The van der Waals surface area contributed by atoms with E-state index in [-0.39, 0.29) is 0 Å². The Hall–Kier alpha value is -2.46. The Morgan fingerprint density at radius 2 is 1.90 bits per heavy atom. The van der Waals surface area contributed by atoms with Crippen LogP contribution in [0.25, 0.3) is 10.9 Å². The number of pyridine rings is 1. The molecule has 0 fully saturated rings. The molecule has 0 unspecified atom stereocenters. The predicted octanol–water partition coefficient (Wildman–Crippen LogP) is 3.45. The lowest BCUT2D eigenvalue weighted by Gasteiger charge is -2.08. The Morgan fingerprint density at radius 1 is 1.05 bits per heavy atom. The number of fused-ring (bicyclic) bond motifs is 1. The first-order valence-corrected chi connectivity index (χ1v) is 7.00. The maximum Gasteiger partial charge on any atom is 0.130 e. The second-order valence-corrected chi connectivity index (χ2v) is 5.12. The number of para-hydroxylation sites is 1. The number of nitrogens with zero attached hydrogens (tertiary/aromatic N) is 1. The van der Waals surface area contributed by atoms with Gasteiger partial charge in [0.2, 0.25) is 0 Å². The molecule has 0 spiro atoms. The SMILES string of the molecule is NC(=S)c1cccc(OCc2ccc3ccccc3n2)c1. The fraction of sp³-hybridized carbons (Fsp3) is 0.0588. The molecule has 0 aliphatic carbocycles. The van der Waals surface area contributed by atoms with Crippen molar-refractivity contribution in [3.05, 3.63) is 71.9 Å². The summed E-state index contributed by atoms with van der Waals surface area (Å²) in [5, 5.41) is 1.12. The van der Waals surface area contributed by atoms with Gasteiger partial charge in [0.1, 0.15) is 17.3 Å². The number of ether oxygens (including phenoxy) is 1. The third kappa shape index (κ3) is 3.17. The van der Waals surface area contributed by atoms with E-state index in [4.69, 9.17) is 22.7 Å². The minimum atomic E-state index is 0.365. The molecule has 1 aromatic heterocycles. The fourth-order valence-corrected chi connectivity index (χ4v) is 2.21. The van der Waals surface area contributed by atoms with Crippen LogP contribution in [0.3, 0.4) is 0 Å². The van der Waals surface area contributed by atoms with Gasteiger partial charge in [0.05, 0.1) is 11.2 Å². The fourth-order valence-electron chi connectivity index (χ4n) is 2.09. The van der Waals surface area contributed by atoms with Crippen LogP contribution >= 0.6 is 12.2 Å². The van der Waals surface area contributed by atoms with Crippen LogP contribution in [0.1, 0.15) is 11.3 Å². The van der Waals surface area contributed by atoms with Crippen molar-refractivity contribution in [2.75, 3.05) is 0 Å². The van der Waals surface area contributed by atoms with E-state index in [9.17, 15) is 0 Å². The Labute approximate surface area is 128 Å². The second-order valence-electron chi connectivity index (χ2n) is 4.68. The Bertz CT molecular complexity index is 801. The highest BCUT2D eigenvalue weighted by molar-refractivity contribution is 7.80. The highest BCUT2D eigenvalue weighted by Gasteiger charge is 2.02. The van der Waals surface area contributed by atoms with Gasteiger partial charge in [-0.15, -0.1) is 0 Å². The average Bonchev–Trinajstić information content (AvgIpc) is 2.53. The van der Waals surface area contributed by atoms with Crippen LogP contribution in [-0.4, -0.2) is 9.97 Å². The zero-order valence-electron chi connectivity index (χ0n) is 11.3. The Morgan fingerprint density at radius 3 is 2.76 bits per heavy atom. The second kappa shape index (κ2) is 5.89. The van der Waals surface area contributed by atoms with Crippen LogP contribution in [0.2, 0.25) is 0 Å². The number of hydrogen-bond acceptors (Lipinski definition) is 3. The zero-order valence-corrected chi connectivity index (χ0v) is 12.1. The Balaban J connectivity index is 1.77. The van der Waals surface area contributed by atoms with Gasteiger partial charge < -0.3 is 10.5 Å². The number of aromatic nitrogens is 1. The lowest BCUT2D eigenvalue weighted by Crippen LogP contribution is -2.09. The van der Waals surface area contributed by atoms with Crippen molar-refractivity contribution in [3.8, 4) is 5.75 Å². The minimum Gasteiger partial charge on any atom is -0.487 e. The molecule has 0 radical (unpaired) electrons. The van der Waals surface area contributed by atoms with Crippen LogP contribution in [0, 0.1) is 0 Å². The molecular weight excluding hydrogens is 280 g/mol. The molecule has 0 aliphatic heterocycles. The molecule has 3 nitrogen and oxygen atoms in total. The monoisotopic (exact) mass is 294 g/mol. The van der Waals surface area contributed by atoms with Gasteiger partial charge >= 0.3 is 0 Å². The van der Waals surface area contributed by atoms with Crippen LogP contribution in [0.4, 0.5) is 0 Å². The van der Waals surface area contributed by atoms with E-state index in [1.807, 2.05) is 60.7 Å². The Kier molecular flexibility index (Phi) is 3.79. The van der Waals surface area contributed by atoms with Crippen molar-refractivity contribution in [1.29, 1.82) is 0 Å². The van der Waals surface area contributed by atoms with Crippen molar-refractivity contribution in [1.82, 2.24) is 4.98 Å². The van der Waals surface area contributed by atoms with Crippen molar-refractivity contribution in [2.24, 2.45) is 5.73 Å². The van der Waals surface area contributed by atoms with Gasteiger partial charge in [-0.25, -0.2) is 4.98 Å². The molecule has 21 heavy (non-hydrogen) atoms. The summed E-state index contributed by atoms with van der Waals surface area (Å²) < 4.78 is 5.75. The van der Waals surface area contributed by atoms with E-state index in [1.165, 1.54) is 0 Å². The number of benzene rings is 2. The van der Waals surface area contributed by atoms with E-state index < -0.39 is 0 Å². The highest BCUT2D eigenvalue weighted by Crippen LogP contribution is 2.16. The first kappa shape index (κ1) is 13.5. The van der Waals surface area contributed by atoms with E-state index in [0.717, 1.165) is 27.9 Å². The highest BCUT2D eigenvalue weighted by atomic mass is 32.1. The molecule has 4 heteroatoms. The number of hydrogen-bond donors (Lipinski definition) is 1. The smallest absolute Gasteiger partial charge is 0.130 e. The third-order valence-corrected chi connectivity index (χ3v) is 3.40. The summed E-state index contributed by atoms with van der Waals surface area (Å²) in [6.07, 6.45) is 0. The van der Waals surface area contributed by atoms with Crippen LogP contribution < -0.4 is 10.5 Å². The predicted molar refractivity (Wildman–Crippen MR) is 88.4 cm³/mol. The quantitative estimate of drug-likeness (QED) is 0.749. The van der Waals surface area contributed by atoms with Gasteiger partial charge in [-0.2, -0.15) is 0 Å². The summed E-state index contributed by atoms with van der Waals surface area (Å²) in [5.41, 5.74) is 8.27. The molecule has 3 aromatic rings. The summed E-state index contributed by atoms with van der Waals surface area (Å²) in [5.74, 6) is 0.732. The molecule has 3 rings (SSSR count). The van der Waals surface area contributed by atoms with Gasteiger partial charge in [-0.05, 0) is 24.3 Å². The molecule has 104 valence electrons. The van der Waals surface area contributed by atoms with Gasteiger partial charge in [0.25, 0.3) is 0 Å². The van der Waals surface area contributed by atoms with Crippen molar-refractivity contribution < 1.29 is 4.74 Å². The van der Waals surface area contributed by atoms with E-state index in [2.05, 4.69) is 4.98 Å². The van der Waals surface area contributed by atoms with Crippen molar-refractivity contribution >= 4 is 28.1 Å². The summed E-state index contributed by atoms with van der Waals surface area (Å²) in [4.78, 5) is 4.94. The maximum atomic E-state index is 5.75. The molecular formula is C17H14N2OS. The summed E-state index contributed by atoms with van der Waals surface area (Å²) in [6, 6.07) is 19.5. The molecule has 2 N–H and O–H groups in total. The van der Waals surface area contributed by atoms with Crippen LogP contribution in [0.15, 0.2) is 60.7 Å². The summed E-state index contributed by atoms with van der Waals surface area (Å²) in [7, 11) is 0. The topological polar surface area (TPSA) is 48.1 Å². The molecule has 0 saturated carbocycles. The minimum absolute atomic E-state index is 0.365. The van der Waals surface area contributed by atoms with Gasteiger partial charge in [-0.3, -0.25) is 0 Å². The average molecular weight is 294 g/mol. The van der Waals surface area contributed by atoms with Crippen LogP contribution in [-0.2, 0) is 6.61 Å². The lowest BCUT2D eigenvalue weighted by atomic mass is 10.2. The summed E-state index contributed by atoms with van der Waals surface area (Å²) >= 11 is 4.96. The van der Waals surface area contributed by atoms with Crippen molar-refractivity contribution in [3.63, 3.8) is 0 Å². The molecule has 1 heterocycles. The normalized spacial score (nSPS) is 10.5. The lowest BCUT2D eigenvalue weighted by molar-refractivity contribution is 0.302. The van der Waals surface area contributed by atoms with Crippen LogP contribution in [0.5, 0.6) is 5.75 Å². The first-order valence-electron chi connectivity index (χ1n) is 6.60. The van der Waals surface area contributed by atoms with E-state index in [1.54, 1.807) is 0 Å².